The predicted octanol–water partition coefficient (Wildman–Crippen LogP) is 2.25. The van der Waals surface area contributed by atoms with Gasteiger partial charge >= 0.3 is 6.18 Å². The number of pyridine rings is 1. The highest BCUT2D eigenvalue weighted by atomic mass is 19.4. The summed E-state index contributed by atoms with van der Waals surface area (Å²) in [4.78, 5) is 23.4. The van der Waals surface area contributed by atoms with E-state index in [0.29, 0.717) is 13.0 Å². The molecular weight excluding hydrogens is 323 g/mol. The molecule has 0 bridgehead atoms. The molecule has 3 rings (SSSR count). The third-order valence-corrected chi connectivity index (χ3v) is 3.52. The molecule has 6 nitrogen and oxygen atoms in total. The molecule has 1 saturated heterocycles. The van der Waals surface area contributed by atoms with Crippen molar-refractivity contribution in [2.75, 3.05) is 11.9 Å². The molecule has 1 amide bonds. The lowest BCUT2D eigenvalue weighted by Gasteiger charge is -2.23. The van der Waals surface area contributed by atoms with E-state index in [-0.39, 0.29) is 23.2 Å². The average molecular weight is 337 g/mol. The van der Waals surface area contributed by atoms with Gasteiger partial charge in [0.2, 0.25) is 5.91 Å². The fourth-order valence-corrected chi connectivity index (χ4v) is 2.36. The normalized spacial score (nSPS) is 18.1. The SMILES string of the molecule is O=C1NCCC[C@@H]1Nc1cc(C(F)(F)F)nc(-c2ccccn2)n1. The van der Waals surface area contributed by atoms with Crippen molar-refractivity contribution < 1.29 is 18.0 Å². The Hall–Kier alpha value is -2.71. The summed E-state index contributed by atoms with van der Waals surface area (Å²) in [5.41, 5.74) is -0.864. The highest BCUT2D eigenvalue weighted by molar-refractivity contribution is 5.85. The van der Waals surface area contributed by atoms with E-state index >= 15 is 0 Å². The molecule has 1 aliphatic rings. The zero-order chi connectivity index (χ0) is 17.2. The van der Waals surface area contributed by atoms with E-state index in [0.717, 1.165) is 12.5 Å². The van der Waals surface area contributed by atoms with Crippen LogP contribution in [0, 0.1) is 0 Å². The van der Waals surface area contributed by atoms with Crippen LogP contribution >= 0.6 is 0 Å². The van der Waals surface area contributed by atoms with Gasteiger partial charge in [-0.15, -0.1) is 0 Å². The van der Waals surface area contributed by atoms with Crippen LogP contribution in [0.1, 0.15) is 18.5 Å². The van der Waals surface area contributed by atoms with Crippen molar-refractivity contribution in [1.29, 1.82) is 0 Å². The molecule has 2 aromatic rings. The number of hydrogen-bond acceptors (Lipinski definition) is 5. The first-order valence-corrected chi connectivity index (χ1v) is 7.35. The molecule has 0 saturated carbocycles. The van der Waals surface area contributed by atoms with E-state index in [1.807, 2.05) is 0 Å². The van der Waals surface area contributed by atoms with Crippen LogP contribution in [0.3, 0.4) is 0 Å². The fourth-order valence-electron chi connectivity index (χ4n) is 2.36. The van der Waals surface area contributed by atoms with Gasteiger partial charge in [0.1, 0.15) is 17.6 Å². The number of piperidine rings is 1. The molecule has 0 spiro atoms. The minimum atomic E-state index is -4.63. The average Bonchev–Trinajstić information content (AvgIpc) is 2.57. The van der Waals surface area contributed by atoms with Gasteiger partial charge in [-0.3, -0.25) is 9.78 Å². The maximum atomic E-state index is 13.1. The smallest absolute Gasteiger partial charge is 0.358 e. The summed E-state index contributed by atoms with van der Waals surface area (Å²) in [6.07, 6.45) is -1.91. The van der Waals surface area contributed by atoms with Gasteiger partial charge in [-0.05, 0) is 25.0 Å². The van der Waals surface area contributed by atoms with Gasteiger partial charge in [0, 0.05) is 18.8 Å². The van der Waals surface area contributed by atoms with Crippen molar-refractivity contribution in [2.24, 2.45) is 0 Å². The number of nitrogens with zero attached hydrogens (tertiary/aromatic N) is 3. The fraction of sp³-hybridized carbons (Fsp3) is 0.333. The largest absolute Gasteiger partial charge is 0.433 e. The summed E-state index contributed by atoms with van der Waals surface area (Å²) in [6.45, 7) is 0.563. The lowest BCUT2D eigenvalue weighted by molar-refractivity contribution is -0.141. The zero-order valence-electron chi connectivity index (χ0n) is 12.5. The van der Waals surface area contributed by atoms with E-state index in [2.05, 4.69) is 25.6 Å². The molecule has 3 heterocycles. The van der Waals surface area contributed by atoms with Gasteiger partial charge in [0.25, 0.3) is 0 Å². The first-order valence-electron chi connectivity index (χ1n) is 7.35. The molecule has 1 aliphatic heterocycles. The Bertz CT molecular complexity index is 736. The third-order valence-electron chi connectivity index (χ3n) is 3.52. The first kappa shape index (κ1) is 16.2. The van der Waals surface area contributed by atoms with Gasteiger partial charge in [-0.25, -0.2) is 9.97 Å². The molecule has 0 aliphatic carbocycles. The van der Waals surface area contributed by atoms with Crippen LogP contribution in [0.4, 0.5) is 19.0 Å². The van der Waals surface area contributed by atoms with Crippen molar-refractivity contribution in [1.82, 2.24) is 20.3 Å². The predicted molar refractivity (Wildman–Crippen MR) is 79.9 cm³/mol. The van der Waals surface area contributed by atoms with E-state index in [1.54, 1.807) is 12.1 Å². The maximum Gasteiger partial charge on any atom is 0.433 e. The van der Waals surface area contributed by atoms with Gasteiger partial charge in [-0.2, -0.15) is 13.2 Å². The number of carbonyl (C=O) groups excluding carboxylic acids is 1. The molecule has 126 valence electrons. The second-order valence-corrected chi connectivity index (χ2v) is 5.30. The minimum absolute atomic E-state index is 0.0555. The number of alkyl halides is 3. The van der Waals surface area contributed by atoms with Crippen LogP contribution < -0.4 is 10.6 Å². The molecule has 24 heavy (non-hydrogen) atoms. The molecular formula is C15H14F3N5O. The molecule has 1 atom stereocenters. The number of amides is 1. The summed E-state index contributed by atoms with van der Waals surface area (Å²) in [5, 5.41) is 5.43. The summed E-state index contributed by atoms with van der Waals surface area (Å²) in [6, 6.07) is 4.98. The minimum Gasteiger partial charge on any atom is -0.358 e. The van der Waals surface area contributed by atoms with Crippen molar-refractivity contribution in [3.8, 4) is 11.5 Å². The number of rotatable bonds is 3. The molecule has 0 radical (unpaired) electrons. The Morgan fingerprint density at radius 3 is 2.75 bits per heavy atom. The number of anilines is 1. The van der Waals surface area contributed by atoms with Crippen molar-refractivity contribution >= 4 is 11.7 Å². The molecule has 2 aromatic heterocycles. The van der Waals surface area contributed by atoms with Crippen LogP contribution in [0.15, 0.2) is 30.5 Å². The lowest BCUT2D eigenvalue weighted by atomic mass is 10.1. The van der Waals surface area contributed by atoms with Gasteiger partial charge < -0.3 is 10.6 Å². The van der Waals surface area contributed by atoms with Gasteiger partial charge in [0.15, 0.2) is 11.5 Å². The highest BCUT2D eigenvalue weighted by Crippen LogP contribution is 2.30. The van der Waals surface area contributed by atoms with Crippen LogP contribution in [0.25, 0.3) is 11.5 Å². The summed E-state index contributed by atoms with van der Waals surface area (Å²) in [5.74, 6) is -0.461. The van der Waals surface area contributed by atoms with Crippen LogP contribution in [-0.4, -0.2) is 33.4 Å². The summed E-state index contributed by atoms with van der Waals surface area (Å²) >= 11 is 0. The number of carbonyl (C=O) groups is 1. The molecule has 0 unspecified atom stereocenters. The highest BCUT2D eigenvalue weighted by Gasteiger charge is 2.34. The van der Waals surface area contributed by atoms with Crippen molar-refractivity contribution in [3.63, 3.8) is 0 Å². The van der Waals surface area contributed by atoms with Crippen LogP contribution in [0.2, 0.25) is 0 Å². The van der Waals surface area contributed by atoms with Crippen molar-refractivity contribution in [3.05, 3.63) is 36.2 Å². The topological polar surface area (TPSA) is 79.8 Å². The van der Waals surface area contributed by atoms with E-state index in [1.165, 1.54) is 12.3 Å². The third kappa shape index (κ3) is 3.61. The van der Waals surface area contributed by atoms with Gasteiger partial charge in [0.05, 0.1) is 0 Å². The number of nitrogens with one attached hydrogen (secondary N) is 2. The van der Waals surface area contributed by atoms with E-state index in [4.69, 9.17) is 0 Å². The quantitative estimate of drug-likeness (QED) is 0.898. The Morgan fingerprint density at radius 1 is 1.25 bits per heavy atom. The zero-order valence-corrected chi connectivity index (χ0v) is 12.5. The monoisotopic (exact) mass is 337 g/mol. The number of aromatic nitrogens is 3. The van der Waals surface area contributed by atoms with Crippen LogP contribution in [0.5, 0.6) is 0 Å². The van der Waals surface area contributed by atoms with Crippen LogP contribution in [-0.2, 0) is 11.0 Å². The van der Waals surface area contributed by atoms with E-state index in [9.17, 15) is 18.0 Å². The van der Waals surface area contributed by atoms with Gasteiger partial charge in [-0.1, -0.05) is 6.07 Å². The molecule has 2 N–H and O–H groups in total. The number of halogens is 3. The Kier molecular flexibility index (Phi) is 4.32. The first-order chi connectivity index (χ1) is 11.4. The molecule has 9 heteroatoms. The summed E-state index contributed by atoms with van der Waals surface area (Å²) < 4.78 is 39.3. The standard InChI is InChI=1S/C15H14F3N5O/c16-15(17,18)11-8-12(21-10-5-3-7-20-14(10)24)23-13(22-11)9-4-1-2-6-19-9/h1-2,4,6,8,10H,3,5,7H2,(H,20,24)(H,21,22,23)/t10-/m0/s1. The maximum absolute atomic E-state index is 13.1. The van der Waals surface area contributed by atoms with Crippen molar-refractivity contribution in [2.45, 2.75) is 25.1 Å². The lowest BCUT2D eigenvalue weighted by Crippen LogP contribution is -2.44. The second-order valence-electron chi connectivity index (χ2n) is 5.30. The molecule has 1 fully saturated rings. The summed E-state index contributed by atoms with van der Waals surface area (Å²) in [7, 11) is 0. The number of hydrogen-bond donors (Lipinski definition) is 2. The molecule has 0 aromatic carbocycles. The second kappa shape index (κ2) is 6.42. The Balaban J connectivity index is 1.97. The van der Waals surface area contributed by atoms with E-state index < -0.39 is 17.9 Å². The Labute approximate surface area is 135 Å². The Morgan fingerprint density at radius 2 is 2.08 bits per heavy atom.